The predicted molar refractivity (Wildman–Crippen MR) is 192 cm³/mol. The molecule has 1 amide bonds. The molecule has 0 aliphatic carbocycles. The van der Waals surface area contributed by atoms with Crippen molar-refractivity contribution in [1.82, 2.24) is 5.32 Å². The molecule has 3 rings (SSSR count). The minimum absolute atomic E-state index is 0.226. The molecule has 0 aliphatic rings. The van der Waals surface area contributed by atoms with Crippen LogP contribution in [-0.4, -0.2) is 56.5 Å². The zero-order valence-electron chi connectivity index (χ0n) is 30.2. The second kappa shape index (κ2) is 21.9. The number of unbranched alkanes of at least 4 members (excludes halogenated alkanes) is 2. The highest BCUT2D eigenvalue weighted by atomic mass is 16.6. The molecule has 0 saturated heterocycles. The van der Waals surface area contributed by atoms with Crippen LogP contribution in [0.25, 0.3) is 0 Å². The summed E-state index contributed by atoms with van der Waals surface area (Å²) in [6, 6.07) is 22.2. The maximum absolute atomic E-state index is 12.6. The fourth-order valence-electron chi connectivity index (χ4n) is 4.86. The summed E-state index contributed by atoms with van der Waals surface area (Å²) in [7, 11) is 1.30. The number of methoxy groups -OCH3 is 1. The number of carbonyl (C=O) groups excluding carboxylic acids is 4. The van der Waals surface area contributed by atoms with Crippen LogP contribution in [0.1, 0.15) is 92.8 Å². The molecule has 0 spiro atoms. The van der Waals surface area contributed by atoms with Gasteiger partial charge in [0.05, 0.1) is 25.9 Å². The molecular weight excluding hydrogens is 654 g/mol. The Kier molecular flexibility index (Phi) is 17.3. The van der Waals surface area contributed by atoms with Gasteiger partial charge in [0, 0.05) is 24.9 Å². The predicted octanol–water partition coefficient (Wildman–Crippen LogP) is 7.52. The lowest BCUT2D eigenvalue weighted by atomic mass is 10.0. The second-order valence-corrected chi connectivity index (χ2v) is 12.9. The summed E-state index contributed by atoms with van der Waals surface area (Å²) in [5, 5.41) is 2.77. The Morgan fingerprint density at radius 1 is 0.667 bits per heavy atom. The molecule has 1 N–H and O–H groups in total. The normalized spacial score (nSPS) is 10.9. The third-order valence-electron chi connectivity index (χ3n) is 7.41. The number of ether oxygens (including phenoxy) is 6. The number of alkyl carbamates (subject to hydrolysis) is 1. The van der Waals surface area contributed by atoms with Crippen LogP contribution in [0, 0.1) is 0 Å². The number of hydrogen-bond acceptors (Lipinski definition) is 10. The van der Waals surface area contributed by atoms with Gasteiger partial charge >= 0.3 is 24.0 Å². The van der Waals surface area contributed by atoms with Crippen molar-refractivity contribution in [2.75, 3.05) is 26.9 Å². The average Bonchev–Trinajstić information content (AvgIpc) is 3.11. The third-order valence-corrected chi connectivity index (χ3v) is 7.41. The van der Waals surface area contributed by atoms with Crippen LogP contribution in [0.2, 0.25) is 0 Å². The molecule has 0 heterocycles. The Morgan fingerprint density at radius 3 is 1.61 bits per heavy atom. The van der Waals surface area contributed by atoms with Gasteiger partial charge in [0.15, 0.2) is 0 Å². The van der Waals surface area contributed by atoms with Crippen LogP contribution in [-0.2, 0) is 48.2 Å². The van der Waals surface area contributed by atoms with E-state index in [1.807, 2.05) is 60.7 Å². The van der Waals surface area contributed by atoms with Gasteiger partial charge in [-0.05, 0) is 82.6 Å². The van der Waals surface area contributed by atoms with E-state index in [-0.39, 0.29) is 56.8 Å². The van der Waals surface area contributed by atoms with E-state index in [0.29, 0.717) is 56.6 Å². The minimum atomic E-state index is -0.618. The summed E-state index contributed by atoms with van der Waals surface area (Å²) in [6.45, 7) is 6.74. The first kappa shape index (κ1) is 40.4. The Labute approximate surface area is 300 Å². The smallest absolute Gasteiger partial charge is 0.407 e. The molecule has 11 heteroatoms. The first-order valence-electron chi connectivity index (χ1n) is 17.4. The molecule has 0 saturated carbocycles. The van der Waals surface area contributed by atoms with Gasteiger partial charge in [0.25, 0.3) is 0 Å². The van der Waals surface area contributed by atoms with Crippen LogP contribution < -0.4 is 14.8 Å². The summed E-state index contributed by atoms with van der Waals surface area (Å²) in [6.07, 6.45) is 3.21. The molecular formula is C40H51NO10. The molecule has 0 radical (unpaired) electrons. The summed E-state index contributed by atoms with van der Waals surface area (Å²) in [5.41, 5.74) is 2.21. The molecule has 0 bridgehead atoms. The Bertz CT molecular complexity index is 1430. The number of carbonyl (C=O) groups is 4. The first-order valence-corrected chi connectivity index (χ1v) is 17.4. The highest BCUT2D eigenvalue weighted by molar-refractivity contribution is 5.90. The largest absolute Gasteiger partial charge is 0.493 e. The van der Waals surface area contributed by atoms with Gasteiger partial charge in [-0.3, -0.25) is 9.59 Å². The minimum Gasteiger partial charge on any atom is -0.493 e. The average molecular weight is 706 g/mol. The number of hydrogen-bond donors (Lipinski definition) is 1. The number of benzene rings is 3. The highest BCUT2D eigenvalue weighted by Gasteiger charge is 2.19. The van der Waals surface area contributed by atoms with E-state index >= 15 is 0 Å². The number of amides is 1. The van der Waals surface area contributed by atoms with E-state index in [1.165, 1.54) is 7.11 Å². The molecule has 3 aromatic carbocycles. The lowest BCUT2D eigenvalue weighted by Crippen LogP contribution is -2.33. The van der Waals surface area contributed by atoms with Gasteiger partial charge in [0.2, 0.25) is 0 Å². The van der Waals surface area contributed by atoms with Crippen molar-refractivity contribution in [2.45, 2.75) is 91.0 Å². The summed E-state index contributed by atoms with van der Waals surface area (Å²) >= 11 is 0. The van der Waals surface area contributed by atoms with Crippen LogP contribution in [0.4, 0.5) is 4.79 Å². The molecule has 0 atom stereocenters. The van der Waals surface area contributed by atoms with E-state index in [9.17, 15) is 19.2 Å². The Morgan fingerprint density at radius 2 is 1.16 bits per heavy atom. The summed E-state index contributed by atoms with van der Waals surface area (Å²) in [5.74, 6) is -0.234. The van der Waals surface area contributed by atoms with Crippen LogP contribution in [0.3, 0.4) is 0 Å². The molecule has 11 nitrogen and oxygen atoms in total. The van der Waals surface area contributed by atoms with Gasteiger partial charge in [-0.15, -0.1) is 0 Å². The van der Waals surface area contributed by atoms with Crippen molar-refractivity contribution < 1.29 is 47.6 Å². The quantitative estimate of drug-likeness (QED) is 0.0674. The van der Waals surface area contributed by atoms with Crippen molar-refractivity contribution >= 4 is 24.0 Å². The van der Waals surface area contributed by atoms with E-state index in [4.69, 9.17) is 28.4 Å². The van der Waals surface area contributed by atoms with Crippen molar-refractivity contribution in [1.29, 1.82) is 0 Å². The number of nitrogens with one attached hydrogen (secondary N) is 1. The number of rotatable bonds is 21. The van der Waals surface area contributed by atoms with Gasteiger partial charge in [0.1, 0.15) is 30.3 Å². The van der Waals surface area contributed by atoms with E-state index in [2.05, 4.69) is 5.32 Å². The maximum Gasteiger partial charge on any atom is 0.407 e. The molecule has 0 aliphatic heterocycles. The zero-order valence-corrected chi connectivity index (χ0v) is 30.2. The zero-order chi connectivity index (χ0) is 36.9. The molecule has 276 valence electrons. The van der Waals surface area contributed by atoms with Gasteiger partial charge in [-0.2, -0.15) is 0 Å². The van der Waals surface area contributed by atoms with E-state index < -0.39 is 17.7 Å². The SMILES string of the molecule is COC(=O)c1cc(OCCCCC(=O)OCc2ccccc2)c(CCCNC(=O)OC(C)(C)C)c(OCCCCC(=O)OCc2ccccc2)c1. The molecule has 51 heavy (non-hydrogen) atoms. The Hall–Kier alpha value is -5.06. The lowest BCUT2D eigenvalue weighted by molar-refractivity contribution is -0.146. The van der Waals surface area contributed by atoms with Crippen molar-refractivity contribution in [3.8, 4) is 11.5 Å². The monoisotopic (exact) mass is 705 g/mol. The molecule has 0 unspecified atom stereocenters. The fourth-order valence-corrected chi connectivity index (χ4v) is 4.86. The van der Waals surface area contributed by atoms with Crippen molar-refractivity contribution in [2.24, 2.45) is 0 Å². The Balaban J connectivity index is 1.59. The van der Waals surface area contributed by atoms with Crippen LogP contribution >= 0.6 is 0 Å². The summed E-state index contributed by atoms with van der Waals surface area (Å²) in [4.78, 5) is 49.3. The molecule has 3 aromatic rings. The third kappa shape index (κ3) is 16.5. The fraction of sp³-hybridized carbons (Fsp3) is 0.450. The standard InChI is InChI=1S/C40H51NO10/c1-40(2,3)51-39(45)41-23-15-20-33-34(47-24-13-11-21-36(42)49-28-30-16-7-5-8-17-30)26-32(38(44)46-4)27-35(33)48-25-14-12-22-37(43)50-29-31-18-9-6-10-19-31/h5-10,16-19,26-27H,11-15,20-25,28-29H2,1-4H3,(H,41,45). The topological polar surface area (TPSA) is 136 Å². The second-order valence-electron chi connectivity index (χ2n) is 12.9. The van der Waals surface area contributed by atoms with Crippen molar-refractivity contribution in [3.05, 3.63) is 95.1 Å². The van der Waals surface area contributed by atoms with E-state index in [0.717, 1.165) is 16.7 Å². The first-order chi connectivity index (χ1) is 24.5. The lowest BCUT2D eigenvalue weighted by Gasteiger charge is -2.20. The van der Waals surface area contributed by atoms with Gasteiger partial charge < -0.3 is 33.7 Å². The molecule has 0 fully saturated rings. The van der Waals surface area contributed by atoms with Gasteiger partial charge in [-0.1, -0.05) is 60.7 Å². The van der Waals surface area contributed by atoms with E-state index in [1.54, 1.807) is 32.9 Å². The van der Waals surface area contributed by atoms with Gasteiger partial charge in [-0.25, -0.2) is 9.59 Å². The molecule has 0 aromatic heterocycles. The van der Waals surface area contributed by atoms with Crippen LogP contribution in [0.5, 0.6) is 11.5 Å². The van der Waals surface area contributed by atoms with Crippen molar-refractivity contribution in [3.63, 3.8) is 0 Å². The van der Waals surface area contributed by atoms with Crippen LogP contribution in [0.15, 0.2) is 72.8 Å². The maximum atomic E-state index is 12.6. The number of esters is 3. The summed E-state index contributed by atoms with van der Waals surface area (Å²) < 4.78 is 33.4. The highest BCUT2D eigenvalue weighted by Crippen LogP contribution is 2.33.